The van der Waals surface area contributed by atoms with Gasteiger partial charge in [0.15, 0.2) is 0 Å². The van der Waals surface area contributed by atoms with Gasteiger partial charge in [0.2, 0.25) is 5.91 Å². The molecule has 9 atom stereocenters. The van der Waals surface area contributed by atoms with Crippen molar-refractivity contribution >= 4 is 17.5 Å². The first-order valence-electron chi connectivity index (χ1n) is 16.4. The molecule has 42 heavy (non-hydrogen) atoms. The van der Waals surface area contributed by atoms with Gasteiger partial charge < -0.3 is 29.5 Å². The minimum atomic E-state index is -0.595. The molecule has 2 aliphatic carbocycles. The highest BCUT2D eigenvalue weighted by atomic mass is 35.5. The second-order valence-electron chi connectivity index (χ2n) is 13.3. The Morgan fingerprint density at radius 3 is 2.83 bits per heavy atom. The van der Waals surface area contributed by atoms with Gasteiger partial charge in [0, 0.05) is 51.8 Å². The lowest BCUT2D eigenvalue weighted by Gasteiger charge is -2.46. The number of alkyl halides is 1. The number of carbonyl (C=O) groups is 1. The van der Waals surface area contributed by atoms with Gasteiger partial charge >= 0.3 is 0 Å². The highest BCUT2D eigenvalue weighted by Crippen LogP contribution is 2.40. The third-order valence-electron chi connectivity index (χ3n) is 10.2. The second-order valence-corrected chi connectivity index (χ2v) is 13.8. The van der Waals surface area contributed by atoms with Crippen molar-refractivity contribution in [2.75, 3.05) is 73.4 Å². The number of aliphatic hydroxyl groups excluding tert-OH is 1. The van der Waals surface area contributed by atoms with Crippen molar-refractivity contribution < 1.29 is 24.1 Å². The number of fused-ring (bicyclic) bond motifs is 1. The summed E-state index contributed by atoms with van der Waals surface area (Å²) in [6.07, 6.45) is 8.10. The van der Waals surface area contributed by atoms with Crippen LogP contribution in [0.5, 0.6) is 0 Å². The molecular formula is C30H55ClN6O5. The smallest absolute Gasteiger partial charge is 0.223 e. The predicted molar refractivity (Wildman–Crippen MR) is 162 cm³/mol. The van der Waals surface area contributed by atoms with E-state index in [1.54, 1.807) is 7.11 Å². The topological polar surface area (TPSA) is 120 Å². The van der Waals surface area contributed by atoms with Crippen LogP contribution in [0, 0.1) is 17.8 Å². The monoisotopic (exact) mass is 614 g/mol. The Bertz CT molecular complexity index is 836. The van der Waals surface area contributed by atoms with Gasteiger partial charge in [-0.05, 0) is 70.4 Å². The van der Waals surface area contributed by atoms with Crippen LogP contribution in [0.1, 0.15) is 51.4 Å². The lowest BCUT2D eigenvalue weighted by atomic mass is 9.73. The van der Waals surface area contributed by atoms with E-state index in [0.29, 0.717) is 44.4 Å². The number of likely N-dealkylation sites (tertiary alicyclic amines) is 1. The normalized spacial score (nSPS) is 36.9. The van der Waals surface area contributed by atoms with Gasteiger partial charge in [-0.1, -0.05) is 6.42 Å². The summed E-state index contributed by atoms with van der Waals surface area (Å²) in [5, 5.41) is 24.6. The largest absolute Gasteiger partial charge is 0.390 e. The number of nitrogens with zero attached hydrogens (tertiary/aromatic N) is 2. The average molecular weight is 615 g/mol. The van der Waals surface area contributed by atoms with Gasteiger partial charge in [0.25, 0.3) is 0 Å². The number of carbonyl (C=O) groups excluding carboxylic acids is 1. The minimum Gasteiger partial charge on any atom is -0.390 e. The van der Waals surface area contributed by atoms with Gasteiger partial charge in [0.1, 0.15) is 0 Å². The molecule has 5 fully saturated rings. The van der Waals surface area contributed by atoms with E-state index >= 15 is 0 Å². The Morgan fingerprint density at radius 2 is 2.10 bits per heavy atom. The van der Waals surface area contributed by atoms with Gasteiger partial charge in [-0.3, -0.25) is 25.6 Å². The maximum atomic E-state index is 13.3. The van der Waals surface area contributed by atoms with Crippen LogP contribution in [0.25, 0.3) is 0 Å². The molecule has 5 aliphatic rings. The maximum Gasteiger partial charge on any atom is 0.223 e. The molecule has 242 valence electrons. The summed E-state index contributed by atoms with van der Waals surface area (Å²) in [6, 6.07) is 0.543. The molecule has 5 N–H and O–H groups in total. The number of amides is 1. The number of hydrogen-bond donors (Lipinski definition) is 5. The summed E-state index contributed by atoms with van der Waals surface area (Å²) < 4.78 is 17.1. The molecule has 0 aromatic carbocycles. The van der Waals surface area contributed by atoms with E-state index in [1.807, 2.05) is 0 Å². The molecule has 12 heteroatoms. The fourth-order valence-electron chi connectivity index (χ4n) is 7.43. The molecule has 0 aromatic rings. The lowest BCUT2D eigenvalue weighted by Crippen LogP contribution is -2.62. The van der Waals surface area contributed by atoms with E-state index in [2.05, 4.69) is 38.1 Å². The van der Waals surface area contributed by atoms with Crippen LogP contribution in [-0.4, -0.2) is 136 Å². The molecule has 3 heterocycles. The zero-order valence-electron chi connectivity index (χ0n) is 25.6. The quantitative estimate of drug-likeness (QED) is 0.177. The van der Waals surface area contributed by atoms with Crippen LogP contribution < -0.4 is 21.3 Å². The zero-order chi connectivity index (χ0) is 29.5. The summed E-state index contributed by atoms with van der Waals surface area (Å²) in [6.45, 7) is 6.21. The van der Waals surface area contributed by atoms with Crippen LogP contribution in [0.3, 0.4) is 0 Å². The van der Waals surface area contributed by atoms with E-state index in [1.165, 1.54) is 19.3 Å². The van der Waals surface area contributed by atoms with Crippen LogP contribution in [0.2, 0.25) is 0 Å². The number of β-amino-alcohol motifs (C(OH)–C–C–N with tert-alkyl or cyclic N) is 1. The van der Waals surface area contributed by atoms with Gasteiger partial charge in [0.05, 0.1) is 56.0 Å². The summed E-state index contributed by atoms with van der Waals surface area (Å²) in [4.78, 5) is 17.9. The van der Waals surface area contributed by atoms with Crippen LogP contribution >= 0.6 is 11.6 Å². The molecule has 3 saturated heterocycles. The van der Waals surface area contributed by atoms with Crippen LogP contribution in [0.15, 0.2) is 0 Å². The summed E-state index contributed by atoms with van der Waals surface area (Å²) in [7, 11) is 3.80. The second kappa shape index (κ2) is 16.1. The zero-order valence-corrected chi connectivity index (χ0v) is 26.4. The molecular weight excluding hydrogens is 560 g/mol. The molecule has 0 spiro atoms. The molecule has 0 aromatic heterocycles. The lowest BCUT2D eigenvalue weighted by molar-refractivity contribution is -0.128. The van der Waals surface area contributed by atoms with Gasteiger partial charge in [-0.15, -0.1) is 11.6 Å². The first kappa shape index (κ1) is 32.8. The molecule has 5 rings (SSSR count). The number of nitrogens with one attached hydrogen (secondary N) is 4. The van der Waals surface area contributed by atoms with Crippen LogP contribution in [-0.2, 0) is 19.0 Å². The Morgan fingerprint density at radius 1 is 1.24 bits per heavy atom. The van der Waals surface area contributed by atoms with E-state index in [-0.39, 0.29) is 48.3 Å². The SMILES string of the molecule is COCCN(C)C1CC(C(=O)NC[C@H](O)CN2CCC3C(CCC(OCC4CNCO4)C3Cl)C2)CC(NC2CCC2)N1. The highest BCUT2D eigenvalue weighted by Gasteiger charge is 2.42. The van der Waals surface area contributed by atoms with E-state index < -0.39 is 6.10 Å². The standard InChI is InChI=1S/C30H55ClN6O5/c1-36(10-11-40-2)28-13-21(12-27(35-28)34-22-4-3-5-22)30(39)33-14-23(38)17-37-9-8-25-20(16-37)6-7-26(29(25)31)41-18-24-15-32-19-42-24/h20-29,32,34-35,38H,3-19H2,1-2H3,(H,33,39)/t20?,21?,23-,24?,25?,26?,27?,28?,29?/m0/s1. The number of halogens is 1. The number of hydrogen-bond acceptors (Lipinski definition) is 10. The molecule has 3 aliphatic heterocycles. The van der Waals surface area contributed by atoms with Crippen molar-refractivity contribution in [3.63, 3.8) is 0 Å². The summed E-state index contributed by atoms with van der Waals surface area (Å²) in [5.41, 5.74) is 0. The Labute approximate surface area is 257 Å². The molecule has 11 nitrogen and oxygen atoms in total. The third kappa shape index (κ3) is 8.99. The Kier molecular flexibility index (Phi) is 12.6. The average Bonchev–Trinajstić information content (AvgIpc) is 3.50. The molecule has 2 saturated carbocycles. The molecule has 1 amide bonds. The third-order valence-corrected chi connectivity index (χ3v) is 10.9. The number of rotatable bonds is 14. The van der Waals surface area contributed by atoms with Crippen molar-refractivity contribution in [2.45, 2.75) is 93.4 Å². The molecule has 0 radical (unpaired) electrons. The number of aliphatic hydroxyl groups is 1. The number of piperidine rings is 2. The van der Waals surface area contributed by atoms with Crippen molar-refractivity contribution in [3.05, 3.63) is 0 Å². The van der Waals surface area contributed by atoms with Crippen molar-refractivity contribution in [1.29, 1.82) is 0 Å². The fourth-order valence-corrected chi connectivity index (χ4v) is 7.96. The summed E-state index contributed by atoms with van der Waals surface area (Å²) >= 11 is 6.94. The Balaban J connectivity index is 1.04. The Hall–Kier alpha value is -0.600. The van der Waals surface area contributed by atoms with E-state index in [4.69, 9.17) is 25.8 Å². The predicted octanol–water partition coefficient (Wildman–Crippen LogP) is 0.506. The van der Waals surface area contributed by atoms with Crippen molar-refractivity contribution in [2.24, 2.45) is 17.8 Å². The van der Waals surface area contributed by atoms with E-state index in [0.717, 1.165) is 58.3 Å². The van der Waals surface area contributed by atoms with Gasteiger partial charge in [-0.25, -0.2) is 0 Å². The van der Waals surface area contributed by atoms with E-state index in [9.17, 15) is 9.90 Å². The highest BCUT2D eigenvalue weighted by molar-refractivity contribution is 6.21. The van der Waals surface area contributed by atoms with Crippen molar-refractivity contribution in [3.8, 4) is 0 Å². The number of likely N-dealkylation sites (N-methyl/N-ethyl adjacent to an activating group) is 1. The number of ether oxygens (including phenoxy) is 3. The number of methoxy groups -OCH3 is 1. The van der Waals surface area contributed by atoms with Crippen LogP contribution in [0.4, 0.5) is 0 Å². The first-order chi connectivity index (χ1) is 20.4. The molecule has 8 unspecified atom stereocenters. The maximum absolute atomic E-state index is 13.3. The first-order valence-corrected chi connectivity index (χ1v) is 16.8. The summed E-state index contributed by atoms with van der Waals surface area (Å²) in [5.74, 6) is 0.907. The minimum absolute atomic E-state index is 0.0226. The van der Waals surface area contributed by atoms with Crippen molar-refractivity contribution in [1.82, 2.24) is 31.1 Å². The van der Waals surface area contributed by atoms with Gasteiger partial charge in [-0.2, -0.15) is 0 Å². The molecule has 0 bridgehead atoms. The fraction of sp³-hybridized carbons (Fsp3) is 0.967.